The van der Waals surface area contributed by atoms with E-state index < -0.39 is 11.9 Å². The number of amides is 3. The van der Waals surface area contributed by atoms with Crippen molar-refractivity contribution in [1.29, 1.82) is 0 Å². The summed E-state index contributed by atoms with van der Waals surface area (Å²) in [5.74, 6) is -1.00. The first kappa shape index (κ1) is 14.0. The predicted molar refractivity (Wildman–Crippen MR) is 68.9 cm³/mol. The fraction of sp³-hybridized carbons (Fsp3) is 0.769. The minimum Gasteiger partial charge on any atom is -0.328 e. The Balaban J connectivity index is 2.11. The SMILES string of the molecule is CCC1C(=O)NC(=O)CN1C(=O)C1CCCC(N)C1. The number of nitrogens with zero attached hydrogens (tertiary/aromatic N) is 1. The summed E-state index contributed by atoms with van der Waals surface area (Å²) >= 11 is 0. The zero-order valence-corrected chi connectivity index (χ0v) is 11.2. The van der Waals surface area contributed by atoms with Gasteiger partial charge in [-0.05, 0) is 25.7 Å². The van der Waals surface area contributed by atoms with Crippen molar-refractivity contribution in [3.05, 3.63) is 0 Å². The number of nitrogens with one attached hydrogen (secondary N) is 1. The second kappa shape index (κ2) is 5.69. The third kappa shape index (κ3) is 2.94. The molecule has 1 aliphatic carbocycles. The lowest BCUT2D eigenvalue weighted by Crippen LogP contribution is -2.60. The van der Waals surface area contributed by atoms with Crippen LogP contribution in [0, 0.1) is 5.92 Å². The first-order valence-corrected chi connectivity index (χ1v) is 6.92. The van der Waals surface area contributed by atoms with Crippen LogP contribution in [0.1, 0.15) is 39.0 Å². The van der Waals surface area contributed by atoms with E-state index in [-0.39, 0.29) is 30.3 Å². The molecular weight excluding hydrogens is 246 g/mol. The third-order valence-corrected chi connectivity index (χ3v) is 3.99. The third-order valence-electron chi connectivity index (χ3n) is 3.99. The highest BCUT2D eigenvalue weighted by molar-refractivity contribution is 6.04. The maximum absolute atomic E-state index is 12.5. The maximum Gasteiger partial charge on any atom is 0.249 e. The van der Waals surface area contributed by atoms with Crippen LogP contribution in [-0.4, -0.2) is 41.2 Å². The smallest absolute Gasteiger partial charge is 0.249 e. The average Bonchev–Trinajstić information content (AvgIpc) is 2.37. The highest BCUT2D eigenvalue weighted by Gasteiger charge is 2.39. The van der Waals surface area contributed by atoms with E-state index in [2.05, 4.69) is 5.32 Å². The van der Waals surface area contributed by atoms with Gasteiger partial charge in [0, 0.05) is 12.0 Å². The van der Waals surface area contributed by atoms with Crippen molar-refractivity contribution in [2.75, 3.05) is 6.54 Å². The van der Waals surface area contributed by atoms with E-state index in [1.807, 2.05) is 6.92 Å². The summed E-state index contributed by atoms with van der Waals surface area (Å²) in [5, 5.41) is 2.28. The summed E-state index contributed by atoms with van der Waals surface area (Å²) < 4.78 is 0. The van der Waals surface area contributed by atoms with Crippen molar-refractivity contribution >= 4 is 17.7 Å². The van der Waals surface area contributed by atoms with E-state index in [9.17, 15) is 14.4 Å². The van der Waals surface area contributed by atoms with Crippen LogP contribution >= 0.6 is 0 Å². The summed E-state index contributed by atoms with van der Waals surface area (Å²) in [6.07, 6.45) is 3.85. The topological polar surface area (TPSA) is 92.5 Å². The molecule has 6 nitrogen and oxygen atoms in total. The molecule has 2 fully saturated rings. The lowest BCUT2D eigenvalue weighted by Gasteiger charge is -2.37. The van der Waals surface area contributed by atoms with Crippen LogP contribution in [0.15, 0.2) is 0 Å². The van der Waals surface area contributed by atoms with Gasteiger partial charge in [-0.1, -0.05) is 13.3 Å². The van der Waals surface area contributed by atoms with Gasteiger partial charge < -0.3 is 10.6 Å². The van der Waals surface area contributed by atoms with Crippen molar-refractivity contribution in [2.45, 2.75) is 51.1 Å². The Morgan fingerprint density at radius 2 is 2.16 bits per heavy atom. The zero-order chi connectivity index (χ0) is 14.0. The monoisotopic (exact) mass is 267 g/mol. The summed E-state index contributed by atoms with van der Waals surface area (Å²) in [6, 6.07) is -0.472. The van der Waals surface area contributed by atoms with E-state index in [0.717, 1.165) is 19.3 Å². The largest absolute Gasteiger partial charge is 0.328 e. The molecule has 3 N–H and O–H groups in total. The number of carbonyl (C=O) groups is 3. The molecule has 19 heavy (non-hydrogen) atoms. The first-order valence-electron chi connectivity index (χ1n) is 6.92. The number of nitrogens with two attached hydrogens (primary N) is 1. The zero-order valence-electron chi connectivity index (χ0n) is 11.2. The molecule has 2 aliphatic rings. The fourth-order valence-electron chi connectivity index (χ4n) is 2.99. The molecule has 0 aromatic rings. The number of carbonyl (C=O) groups excluding carboxylic acids is 3. The van der Waals surface area contributed by atoms with Gasteiger partial charge in [0.1, 0.15) is 12.6 Å². The molecular formula is C13H21N3O3. The van der Waals surface area contributed by atoms with Crippen molar-refractivity contribution in [1.82, 2.24) is 10.2 Å². The van der Waals surface area contributed by atoms with Crippen LogP contribution in [0.2, 0.25) is 0 Å². The summed E-state index contributed by atoms with van der Waals surface area (Å²) in [7, 11) is 0. The molecule has 3 unspecified atom stereocenters. The van der Waals surface area contributed by atoms with E-state index in [0.29, 0.717) is 12.8 Å². The van der Waals surface area contributed by atoms with Crippen LogP contribution < -0.4 is 11.1 Å². The second-order valence-corrected chi connectivity index (χ2v) is 5.43. The van der Waals surface area contributed by atoms with Crippen LogP contribution in [0.25, 0.3) is 0 Å². The van der Waals surface area contributed by atoms with Crippen molar-refractivity contribution in [3.8, 4) is 0 Å². The van der Waals surface area contributed by atoms with Gasteiger partial charge in [-0.2, -0.15) is 0 Å². The van der Waals surface area contributed by atoms with Crippen molar-refractivity contribution in [2.24, 2.45) is 11.7 Å². The van der Waals surface area contributed by atoms with E-state index in [1.165, 1.54) is 4.90 Å². The molecule has 0 aromatic carbocycles. The number of rotatable bonds is 2. The number of piperazine rings is 1. The van der Waals surface area contributed by atoms with Gasteiger partial charge >= 0.3 is 0 Å². The number of hydrogen-bond acceptors (Lipinski definition) is 4. The Bertz CT molecular complexity index is 397. The molecule has 0 aromatic heterocycles. The first-order chi connectivity index (χ1) is 9.02. The minimum atomic E-state index is -0.525. The van der Waals surface area contributed by atoms with E-state index in [1.54, 1.807) is 0 Å². The lowest BCUT2D eigenvalue weighted by molar-refractivity contribution is -0.153. The average molecular weight is 267 g/mol. The maximum atomic E-state index is 12.5. The number of imide groups is 1. The van der Waals surface area contributed by atoms with Crippen molar-refractivity contribution in [3.63, 3.8) is 0 Å². The predicted octanol–water partition coefficient (Wildman–Crippen LogP) is -0.232. The van der Waals surface area contributed by atoms with Gasteiger partial charge in [0.15, 0.2) is 0 Å². The van der Waals surface area contributed by atoms with Crippen LogP contribution in [0.3, 0.4) is 0 Å². The van der Waals surface area contributed by atoms with Gasteiger partial charge in [-0.3, -0.25) is 19.7 Å². The summed E-state index contributed by atoms with van der Waals surface area (Å²) in [6.45, 7) is 1.82. The van der Waals surface area contributed by atoms with Gasteiger partial charge in [0.25, 0.3) is 0 Å². The molecule has 1 aliphatic heterocycles. The Morgan fingerprint density at radius 3 is 2.79 bits per heavy atom. The van der Waals surface area contributed by atoms with Crippen LogP contribution in [-0.2, 0) is 14.4 Å². The van der Waals surface area contributed by atoms with E-state index in [4.69, 9.17) is 5.73 Å². The minimum absolute atomic E-state index is 0.0190. The molecule has 1 saturated carbocycles. The molecule has 0 radical (unpaired) electrons. The standard InChI is InChI=1S/C13H21N3O3/c1-2-10-12(18)15-11(17)7-16(10)13(19)8-4-3-5-9(14)6-8/h8-10H,2-7,14H2,1H3,(H,15,17,18). The second-order valence-electron chi connectivity index (χ2n) is 5.43. The molecule has 3 amide bonds. The van der Waals surface area contributed by atoms with Gasteiger partial charge in [0.05, 0.1) is 0 Å². The molecule has 1 saturated heterocycles. The molecule has 0 bridgehead atoms. The molecule has 106 valence electrons. The summed E-state index contributed by atoms with van der Waals surface area (Å²) in [5.41, 5.74) is 5.90. The Kier molecular flexibility index (Phi) is 4.19. The van der Waals surface area contributed by atoms with Gasteiger partial charge in [-0.15, -0.1) is 0 Å². The number of hydrogen-bond donors (Lipinski definition) is 2. The molecule has 3 atom stereocenters. The molecule has 6 heteroatoms. The quantitative estimate of drug-likeness (QED) is 0.676. The van der Waals surface area contributed by atoms with Gasteiger partial charge in [-0.25, -0.2) is 0 Å². The fourth-order valence-corrected chi connectivity index (χ4v) is 2.99. The van der Waals surface area contributed by atoms with Crippen molar-refractivity contribution < 1.29 is 14.4 Å². The Labute approximate surface area is 112 Å². The molecule has 0 spiro atoms. The highest BCUT2D eigenvalue weighted by atomic mass is 16.2. The van der Waals surface area contributed by atoms with E-state index >= 15 is 0 Å². The Hall–Kier alpha value is -1.43. The lowest BCUT2D eigenvalue weighted by atomic mass is 9.84. The van der Waals surface area contributed by atoms with Crippen LogP contribution in [0.4, 0.5) is 0 Å². The molecule has 2 rings (SSSR count). The molecule has 1 heterocycles. The normalized spacial score (nSPS) is 32.1. The van der Waals surface area contributed by atoms with Crippen LogP contribution in [0.5, 0.6) is 0 Å². The summed E-state index contributed by atoms with van der Waals surface area (Å²) in [4.78, 5) is 37.1. The Morgan fingerprint density at radius 1 is 1.42 bits per heavy atom. The van der Waals surface area contributed by atoms with Gasteiger partial charge in [0.2, 0.25) is 17.7 Å². The highest BCUT2D eigenvalue weighted by Crippen LogP contribution is 2.26.